The smallest absolute Gasteiger partial charge is 0.337 e. The molecule has 0 saturated heterocycles. The quantitative estimate of drug-likeness (QED) is 0.684. The van der Waals surface area contributed by atoms with Crippen molar-refractivity contribution < 1.29 is 14.7 Å². The molecule has 104 valence electrons. The molecule has 0 fully saturated rings. The van der Waals surface area contributed by atoms with Crippen LogP contribution in [0, 0.1) is 0 Å². The fourth-order valence-electron chi connectivity index (χ4n) is 1.68. The van der Waals surface area contributed by atoms with E-state index in [4.69, 9.17) is 10.8 Å². The molecule has 7 heteroatoms. The molecular formula is C12H18N4O3. The van der Waals surface area contributed by atoms with Crippen LogP contribution in [0.2, 0.25) is 0 Å². The van der Waals surface area contributed by atoms with Gasteiger partial charge in [0.2, 0.25) is 5.91 Å². The Kier molecular flexibility index (Phi) is 5.11. The van der Waals surface area contributed by atoms with Gasteiger partial charge in [-0.15, -0.1) is 0 Å². The van der Waals surface area contributed by atoms with Crippen molar-refractivity contribution in [3.05, 3.63) is 17.8 Å². The van der Waals surface area contributed by atoms with Crippen LogP contribution in [-0.4, -0.2) is 42.1 Å². The number of amides is 1. The van der Waals surface area contributed by atoms with Crippen molar-refractivity contribution in [3.63, 3.8) is 0 Å². The van der Waals surface area contributed by atoms with Crippen LogP contribution in [0.1, 0.15) is 23.7 Å². The topological polar surface area (TPSA) is 109 Å². The monoisotopic (exact) mass is 266 g/mol. The zero-order valence-corrected chi connectivity index (χ0v) is 11.0. The Morgan fingerprint density at radius 2 is 2.21 bits per heavy atom. The van der Waals surface area contributed by atoms with E-state index in [0.29, 0.717) is 12.4 Å². The summed E-state index contributed by atoms with van der Waals surface area (Å²) in [5, 5.41) is 11.5. The van der Waals surface area contributed by atoms with E-state index < -0.39 is 5.97 Å². The molecule has 0 unspecified atom stereocenters. The largest absolute Gasteiger partial charge is 0.478 e. The molecule has 0 aromatic carbocycles. The van der Waals surface area contributed by atoms with Gasteiger partial charge in [0.25, 0.3) is 0 Å². The lowest BCUT2D eigenvalue weighted by molar-refractivity contribution is -0.119. The van der Waals surface area contributed by atoms with E-state index in [1.54, 1.807) is 4.90 Å². The maximum Gasteiger partial charge on any atom is 0.337 e. The molecule has 0 saturated carbocycles. The molecular weight excluding hydrogens is 248 g/mol. The van der Waals surface area contributed by atoms with Gasteiger partial charge in [0.05, 0.1) is 17.8 Å². The van der Waals surface area contributed by atoms with Crippen molar-refractivity contribution >= 4 is 23.4 Å². The molecule has 4 N–H and O–H groups in total. The number of carbonyl (C=O) groups is 2. The summed E-state index contributed by atoms with van der Waals surface area (Å²) in [5.74, 6) is -0.974. The fraction of sp³-hybridized carbons (Fsp3) is 0.417. The number of carboxylic acids is 1. The molecule has 1 amide bonds. The van der Waals surface area contributed by atoms with E-state index in [2.05, 4.69) is 10.3 Å². The Morgan fingerprint density at radius 3 is 2.74 bits per heavy atom. The molecule has 0 bridgehead atoms. The van der Waals surface area contributed by atoms with Crippen LogP contribution in [0.5, 0.6) is 0 Å². The van der Waals surface area contributed by atoms with Gasteiger partial charge in [-0.05, 0) is 12.5 Å². The number of carbonyl (C=O) groups excluding carboxylic acids is 1. The van der Waals surface area contributed by atoms with Crippen LogP contribution < -0.4 is 16.0 Å². The summed E-state index contributed by atoms with van der Waals surface area (Å²) in [7, 11) is 1.54. The number of anilines is 2. The summed E-state index contributed by atoms with van der Waals surface area (Å²) in [6.07, 6.45) is 2.16. The van der Waals surface area contributed by atoms with E-state index in [-0.39, 0.29) is 23.7 Å². The van der Waals surface area contributed by atoms with Gasteiger partial charge >= 0.3 is 5.97 Å². The molecule has 0 aliphatic carbocycles. The van der Waals surface area contributed by atoms with Gasteiger partial charge < -0.3 is 21.1 Å². The first-order valence-corrected chi connectivity index (χ1v) is 5.94. The average molecular weight is 266 g/mol. The number of nitrogens with zero attached hydrogens (tertiary/aromatic N) is 2. The number of pyridine rings is 1. The van der Waals surface area contributed by atoms with Crippen molar-refractivity contribution in [2.24, 2.45) is 0 Å². The molecule has 0 radical (unpaired) electrons. The first kappa shape index (κ1) is 14.7. The van der Waals surface area contributed by atoms with Crippen molar-refractivity contribution in [3.8, 4) is 0 Å². The van der Waals surface area contributed by atoms with Gasteiger partial charge in [0, 0.05) is 19.8 Å². The Balaban J connectivity index is 3.11. The van der Waals surface area contributed by atoms with Crippen molar-refractivity contribution in [1.29, 1.82) is 0 Å². The molecule has 1 rings (SSSR count). The summed E-state index contributed by atoms with van der Waals surface area (Å²) in [6.45, 7) is 2.60. The minimum atomic E-state index is -1.11. The minimum Gasteiger partial charge on any atom is -0.478 e. The van der Waals surface area contributed by atoms with Gasteiger partial charge in [-0.25, -0.2) is 9.78 Å². The molecule has 19 heavy (non-hydrogen) atoms. The standard InChI is InChI=1S/C12H18N4O3/c1-3-6-16(7-9(17)14-2)11-10(13)8(12(18)19)4-5-15-11/h4-5H,3,6-7,13H2,1-2H3,(H,14,17)(H,18,19). The van der Waals surface area contributed by atoms with Crippen molar-refractivity contribution in [2.45, 2.75) is 13.3 Å². The summed E-state index contributed by atoms with van der Waals surface area (Å²) < 4.78 is 0. The number of aromatic carboxylic acids is 1. The zero-order chi connectivity index (χ0) is 14.4. The van der Waals surface area contributed by atoms with Crippen LogP contribution in [0.3, 0.4) is 0 Å². The second-order valence-electron chi connectivity index (χ2n) is 4.00. The van der Waals surface area contributed by atoms with Gasteiger partial charge in [0.1, 0.15) is 0 Å². The summed E-state index contributed by atoms with van der Waals surface area (Å²) in [6, 6.07) is 1.34. The molecule has 0 aliphatic rings. The zero-order valence-electron chi connectivity index (χ0n) is 11.0. The highest BCUT2D eigenvalue weighted by Gasteiger charge is 2.18. The predicted molar refractivity (Wildman–Crippen MR) is 72.2 cm³/mol. The summed E-state index contributed by atoms with van der Waals surface area (Å²) >= 11 is 0. The van der Waals surface area contributed by atoms with Gasteiger partial charge in [0.15, 0.2) is 5.82 Å². The van der Waals surface area contributed by atoms with E-state index in [0.717, 1.165) is 6.42 Å². The highest BCUT2D eigenvalue weighted by atomic mass is 16.4. The van der Waals surface area contributed by atoms with Gasteiger partial charge in [-0.2, -0.15) is 0 Å². The van der Waals surface area contributed by atoms with Crippen LogP contribution in [0.25, 0.3) is 0 Å². The third-order valence-electron chi connectivity index (χ3n) is 2.61. The number of nitrogens with one attached hydrogen (secondary N) is 1. The number of rotatable bonds is 6. The second-order valence-corrected chi connectivity index (χ2v) is 4.00. The lowest BCUT2D eigenvalue weighted by Gasteiger charge is -2.24. The number of nitrogens with two attached hydrogens (primary N) is 1. The number of likely N-dealkylation sites (N-methyl/N-ethyl adjacent to an activating group) is 1. The SMILES string of the molecule is CCCN(CC(=O)NC)c1nccc(C(=O)O)c1N. The molecule has 7 nitrogen and oxygen atoms in total. The molecule has 0 spiro atoms. The van der Waals surface area contributed by atoms with Crippen LogP contribution in [-0.2, 0) is 4.79 Å². The molecule has 1 aromatic rings. The second kappa shape index (κ2) is 6.58. The molecule has 0 aliphatic heterocycles. The third-order valence-corrected chi connectivity index (χ3v) is 2.61. The minimum absolute atomic E-state index is 0.0111. The highest BCUT2D eigenvalue weighted by Crippen LogP contribution is 2.24. The Hall–Kier alpha value is -2.31. The van der Waals surface area contributed by atoms with E-state index >= 15 is 0 Å². The Bertz CT molecular complexity index is 476. The van der Waals surface area contributed by atoms with Crippen LogP contribution in [0.15, 0.2) is 12.3 Å². The van der Waals surface area contributed by atoms with E-state index in [1.807, 2.05) is 6.92 Å². The predicted octanol–water partition coefficient (Wildman–Crippen LogP) is 0.324. The molecule has 0 atom stereocenters. The Labute approximate surface area is 111 Å². The number of hydrogen-bond donors (Lipinski definition) is 3. The van der Waals surface area contributed by atoms with Crippen LogP contribution in [0.4, 0.5) is 11.5 Å². The highest BCUT2D eigenvalue weighted by molar-refractivity contribution is 5.96. The third kappa shape index (κ3) is 3.57. The van der Waals surface area contributed by atoms with Crippen molar-refractivity contribution in [2.75, 3.05) is 30.8 Å². The fourth-order valence-corrected chi connectivity index (χ4v) is 1.68. The van der Waals surface area contributed by atoms with Crippen molar-refractivity contribution in [1.82, 2.24) is 10.3 Å². The number of aromatic nitrogens is 1. The lowest BCUT2D eigenvalue weighted by Crippen LogP contribution is -2.37. The average Bonchev–Trinajstić information content (AvgIpc) is 2.38. The van der Waals surface area contributed by atoms with Crippen LogP contribution >= 0.6 is 0 Å². The number of carboxylic acid groups (broad SMARTS) is 1. The van der Waals surface area contributed by atoms with E-state index in [1.165, 1.54) is 19.3 Å². The lowest BCUT2D eigenvalue weighted by atomic mass is 10.2. The van der Waals surface area contributed by atoms with E-state index in [9.17, 15) is 9.59 Å². The van der Waals surface area contributed by atoms with Gasteiger partial charge in [-0.1, -0.05) is 6.92 Å². The summed E-state index contributed by atoms with van der Waals surface area (Å²) in [4.78, 5) is 28.2. The summed E-state index contributed by atoms with van der Waals surface area (Å²) in [5.41, 5.74) is 5.88. The maximum absolute atomic E-state index is 11.5. The number of nitrogen functional groups attached to an aromatic ring is 1. The first-order chi connectivity index (χ1) is 9.01. The maximum atomic E-state index is 11.5. The number of hydrogen-bond acceptors (Lipinski definition) is 5. The molecule has 1 heterocycles. The first-order valence-electron chi connectivity index (χ1n) is 5.94. The van der Waals surface area contributed by atoms with Gasteiger partial charge in [-0.3, -0.25) is 4.79 Å². The molecule has 1 aromatic heterocycles. The normalized spacial score (nSPS) is 10.0. The Morgan fingerprint density at radius 1 is 1.53 bits per heavy atom.